The molecule has 0 aliphatic rings. The van der Waals surface area contributed by atoms with Crippen molar-refractivity contribution in [2.45, 2.75) is 0 Å². The van der Waals surface area contributed by atoms with Crippen molar-refractivity contribution in [3.63, 3.8) is 0 Å². The number of rotatable bonds is 5. The third kappa shape index (κ3) is 3.87. The van der Waals surface area contributed by atoms with E-state index in [-0.39, 0.29) is 11.5 Å². The summed E-state index contributed by atoms with van der Waals surface area (Å²) in [4.78, 5) is 15.8. The molecule has 0 spiro atoms. The minimum absolute atomic E-state index is 0.0630. The fourth-order valence-electron chi connectivity index (χ4n) is 2.96. The molecule has 4 rings (SSSR count). The lowest BCUT2D eigenvalue weighted by molar-refractivity contribution is 0.104. The van der Waals surface area contributed by atoms with Gasteiger partial charge in [-0.15, -0.1) is 15.0 Å². The molecule has 3 aromatic carbocycles. The molecule has 6 heteroatoms. The number of phenolic OH excluding ortho intramolecular Hbond substituents is 1. The second-order valence-corrected chi connectivity index (χ2v) is 6.87. The van der Waals surface area contributed by atoms with E-state index in [4.69, 9.17) is 0 Å². The first kappa shape index (κ1) is 18.4. The monoisotopic (exact) mass is 384 g/mol. The summed E-state index contributed by atoms with van der Waals surface area (Å²) in [6.07, 6.45) is 3.24. The number of allylic oxidation sites excluding steroid dienone is 1. The molecule has 0 fully saturated rings. The van der Waals surface area contributed by atoms with Crippen LogP contribution in [0.4, 0.5) is 5.69 Å². The van der Waals surface area contributed by atoms with Crippen LogP contribution in [0.1, 0.15) is 15.9 Å². The molecule has 144 valence electrons. The van der Waals surface area contributed by atoms with Crippen LogP contribution >= 0.6 is 0 Å². The highest BCUT2D eigenvalue weighted by atomic mass is 16.3. The zero-order chi connectivity index (χ0) is 20.4. The second-order valence-electron chi connectivity index (χ2n) is 6.87. The molecule has 0 atom stereocenters. The maximum absolute atomic E-state index is 12.5. The van der Waals surface area contributed by atoms with Crippen LogP contribution in [0.15, 0.2) is 72.8 Å². The van der Waals surface area contributed by atoms with E-state index in [0.717, 1.165) is 22.3 Å². The average Bonchev–Trinajstić information content (AvgIpc) is 3.17. The molecule has 1 N–H and O–H groups in total. The lowest BCUT2D eigenvalue weighted by Gasteiger charge is -2.11. The Hall–Kier alpha value is -3.93. The number of ketones is 1. The van der Waals surface area contributed by atoms with Gasteiger partial charge in [-0.2, -0.15) is 0 Å². The van der Waals surface area contributed by atoms with E-state index in [2.05, 4.69) is 10.2 Å². The van der Waals surface area contributed by atoms with E-state index in [0.29, 0.717) is 11.3 Å². The number of benzene rings is 3. The summed E-state index contributed by atoms with van der Waals surface area (Å²) in [6.45, 7) is 0. The lowest BCUT2D eigenvalue weighted by atomic mass is 10.1. The Kier molecular flexibility index (Phi) is 4.83. The van der Waals surface area contributed by atoms with Gasteiger partial charge in [-0.3, -0.25) is 4.79 Å². The molecule has 29 heavy (non-hydrogen) atoms. The van der Waals surface area contributed by atoms with E-state index in [9.17, 15) is 9.90 Å². The molecule has 4 aromatic rings. The maximum atomic E-state index is 12.5. The first-order valence-electron chi connectivity index (χ1n) is 9.16. The minimum atomic E-state index is -0.0899. The van der Waals surface area contributed by atoms with E-state index in [1.165, 1.54) is 10.9 Å². The quantitative estimate of drug-likeness (QED) is 0.415. The summed E-state index contributed by atoms with van der Waals surface area (Å²) in [5.41, 5.74) is 4.34. The molecule has 1 heterocycles. The molecule has 0 amide bonds. The summed E-state index contributed by atoms with van der Waals surface area (Å²) in [5.74, 6) is -0.0269. The van der Waals surface area contributed by atoms with Gasteiger partial charge in [0.05, 0.1) is 0 Å². The van der Waals surface area contributed by atoms with Crippen LogP contribution in [0.5, 0.6) is 5.75 Å². The van der Waals surface area contributed by atoms with E-state index < -0.39 is 0 Å². The summed E-state index contributed by atoms with van der Waals surface area (Å²) in [5, 5.41) is 19.0. The van der Waals surface area contributed by atoms with E-state index >= 15 is 0 Å². The molecule has 0 unspecified atom stereocenters. The van der Waals surface area contributed by atoms with Crippen LogP contribution in [-0.4, -0.2) is 40.0 Å². The molecule has 0 saturated heterocycles. The van der Waals surface area contributed by atoms with Gasteiger partial charge in [0.15, 0.2) is 5.78 Å². The topological polar surface area (TPSA) is 71.2 Å². The highest BCUT2D eigenvalue weighted by Crippen LogP contribution is 2.24. The Balaban J connectivity index is 1.59. The highest BCUT2D eigenvalue weighted by Gasteiger charge is 2.09. The first-order valence-corrected chi connectivity index (χ1v) is 9.16. The Bertz CT molecular complexity index is 1170. The molecule has 1 aromatic heterocycles. The van der Waals surface area contributed by atoms with Crippen LogP contribution in [0.2, 0.25) is 0 Å². The van der Waals surface area contributed by atoms with Crippen LogP contribution in [0, 0.1) is 0 Å². The van der Waals surface area contributed by atoms with Gasteiger partial charge in [0.25, 0.3) is 0 Å². The first-order chi connectivity index (χ1) is 14.0. The Morgan fingerprint density at radius 2 is 1.62 bits per heavy atom. The molecule has 0 saturated carbocycles. The number of hydrogen-bond acceptors (Lipinski definition) is 5. The summed E-state index contributed by atoms with van der Waals surface area (Å²) < 4.78 is 0. The van der Waals surface area contributed by atoms with Gasteiger partial charge in [0, 0.05) is 25.3 Å². The Morgan fingerprint density at radius 3 is 2.24 bits per heavy atom. The summed E-state index contributed by atoms with van der Waals surface area (Å²) in [6, 6.07) is 20.0. The van der Waals surface area contributed by atoms with Gasteiger partial charge in [-0.05, 0) is 60.2 Å². The average molecular weight is 384 g/mol. The van der Waals surface area contributed by atoms with Crippen molar-refractivity contribution in [2.75, 3.05) is 19.0 Å². The SMILES string of the molecule is CN(C)c1ccc(C(=O)/C=C/c2ccc(O)c(-n3nc4ccccc4n3)c2)cc1. The number of anilines is 1. The van der Waals surface area contributed by atoms with E-state index in [1.54, 1.807) is 24.3 Å². The van der Waals surface area contributed by atoms with Crippen LogP contribution in [0.3, 0.4) is 0 Å². The maximum Gasteiger partial charge on any atom is 0.185 e. The Labute approximate surface area is 168 Å². The third-order valence-corrected chi connectivity index (χ3v) is 4.60. The molecule has 0 bridgehead atoms. The van der Waals surface area contributed by atoms with Crippen molar-refractivity contribution < 1.29 is 9.90 Å². The van der Waals surface area contributed by atoms with Crippen molar-refractivity contribution in [1.29, 1.82) is 0 Å². The van der Waals surface area contributed by atoms with Crippen molar-refractivity contribution in [2.24, 2.45) is 0 Å². The fraction of sp³-hybridized carbons (Fsp3) is 0.0870. The molecule has 0 radical (unpaired) electrons. The predicted molar refractivity (Wildman–Crippen MR) is 115 cm³/mol. The fourth-order valence-corrected chi connectivity index (χ4v) is 2.96. The zero-order valence-electron chi connectivity index (χ0n) is 16.1. The van der Waals surface area contributed by atoms with Gasteiger partial charge in [-0.1, -0.05) is 24.3 Å². The van der Waals surface area contributed by atoms with Crippen molar-refractivity contribution >= 4 is 28.6 Å². The predicted octanol–water partition coefficient (Wildman–Crippen LogP) is 4.09. The molecule has 6 nitrogen and oxygen atoms in total. The van der Waals surface area contributed by atoms with Gasteiger partial charge >= 0.3 is 0 Å². The number of aromatic nitrogens is 3. The number of fused-ring (bicyclic) bond motifs is 1. The lowest BCUT2D eigenvalue weighted by Crippen LogP contribution is -2.08. The normalized spacial score (nSPS) is 11.2. The van der Waals surface area contributed by atoms with Gasteiger partial charge in [-0.25, -0.2) is 0 Å². The van der Waals surface area contributed by atoms with Crippen LogP contribution in [0.25, 0.3) is 22.8 Å². The van der Waals surface area contributed by atoms with Gasteiger partial charge in [0.2, 0.25) is 0 Å². The largest absolute Gasteiger partial charge is 0.506 e. The zero-order valence-corrected chi connectivity index (χ0v) is 16.1. The summed E-state index contributed by atoms with van der Waals surface area (Å²) in [7, 11) is 3.91. The van der Waals surface area contributed by atoms with Gasteiger partial charge in [0.1, 0.15) is 22.5 Å². The van der Waals surface area contributed by atoms with Crippen molar-refractivity contribution in [3.05, 3.63) is 83.9 Å². The Morgan fingerprint density at radius 1 is 0.966 bits per heavy atom. The van der Waals surface area contributed by atoms with Crippen LogP contribution < -0.4 is 4.90 Å². The standard InChI is InChI=1S/C23H20N4O2/c1-26(2)18-11-9-17(10-12-18)22(28)13-7-16-8-14-23(29)21(15-16)27-24-19-5-3-4-6-20(19)25-27/h3-15,29H,1-2H3/b13-7+. The number of carbonyl (C=O) groups excluding carboxylic acids is 1. The number of aromatic hydroxyl groups is 1. The van der Waals surface area contributed by atoms with Crippen molar-refractivity contribution in [1.82, 2.24) is 15.0 Å². The minimum Gasteiger partial charge on any atom is -0.506 e. The number of phenols is 1. The third-order valence-electron chi connectivity index (χ3n) is 4.60. The highest BCUT2D eigenvalue weighted by molar-refractivity contribution is 6.07. The molecule has 0 aliphatic carbocycles. The molecular weight excluding hydrogens is 364 g/mol. The van der Waals surface area contributed by atoms with E-state index in [1.807, 2.05) is 67.5 Å². The van der Waals surface area contributed by atoms with Crippen LogP contribution in [-0.2, 0) is 0 Å². The second kappa shape index (κ2) is 7.59. The number of carbonyl (C=O) groups is 1. The van der Waals surface area contributed by atoms with Gasteiger partial charge < -0.3 is 10.0 Å². The number of nitrogens with zero attached hydrogens (tertiary/aromatic N) is 4. The number of hydrogen-bond donors (Lipinski definition) is 1. The molecular formula is C23H20N4O2. The molecule has 0 aliphatic heterocycles. The van der Waals surface area contributed by atoms with Crippen molar-refractivity contribution in [3.8, 4) is 11.4 Å². The summed E-state index contributed by atoms with van der Waals surface area (Å²) >= 11 is 0. The smallest absolute Gasteiger partial charge is 0.185 e.